The molecule has 0 aromatic heterocycles. The van der Waals surface area contributed by atoms with E-state index in [1.807, 2.05) is 18.2 Å². The van der Waals surface area contributed by atoms with Gasteiger partial charge in [-0.3, -0.25) is 0 Å². The highest BCUT2D eigenvalue weighted by Gasteiger charge is 1.98. The van der Waals surface area contributed by atoms with Crippen molar-refractivity contribution in [2.45, 2.75) is 39.5 Å². The van der Waals surface area contributed by atoms with Gasteiger partial charge in [0.05, 0.1) is 11.6 Å². The molecule has 0 spiro atoms. The van der Waals surface area contributed by atoms with Gasteiger partial charge in [-0.1, -0.05) is 56.8 Å². The SMILES string of the molecule is CCC(C)CNC(=S)/C=C/C=C/CCCCOCCOc1cccc(F)c1. The molecule has 0 aliphatic rings. The number of rotatable bonds is 14. The summed E-state index contributed by atoms with van der Waals surface area (Å²) in [6.07, 6.45) is 12.3. The third kappa shape index (κ3) is 13.1. The number of halogens is 1. The third-order valence-electron chi connectivity index (χ3n) is 4.02. The number of hydrogen-bond acceptors (Lipinski definition) is 3. The molecule has 1 atom stereocenters. The zero-order chi connectivity index (χ0) is 19.7. The zero-order valence-electron chi connectivity index (χ0n) is 16.5. The van der Waals surface area contributed by atoms with Gasteiger partial charge >= 0.3 is 0 Å². The molecular formula is C22H32FNO2S. The molecule has 0 bridgehead atoms. The Bertz CT molecular complexity index is 589. The van der Waals surface area contributed by atoms with Crippen molar-refractivity contribution < 1.29 is 13.9 Å². The van der Waals surface area contributed by atoms with Crippen molar-refractivity contribution >= 4 is 17.2 Å². The maximum atomic E-state index is 13.0. The van der Waals surface area contributed by atoms with Gasteiger partial charge < -0.3 is 14.8 Å². The van der Waals surface area contributed by atoms with E-state index < -0.39 is 0 Å². The second kappa shape index (κ2) is 15.3. The summed E-state index contributed by atoms with van der Waals surface area (Å²) in [5, 5.41) is 3.25. The highest BCUT2D eigenvalue weighted by molar-refractivity contribution is 7.80. The Balaban J connectivity index is 1.94. The highest BCUT2D eigenvalue weighted by atomic mass is 32.1. The Morgan fingerprint density at radius 1 is 1.22 bits per heavy atom. The molecule has 1 aromatic carbocycles. The van der Waals surface area contributed by atoms with E-state index in [0.717, 1.165) is 37.2 Å². The standard InChI is InChI=1S/C22H32FNO2S/c1-3-19(2)18-24-22(27)13-8-6-4-5-7-9-14-25-15-16-26-21-12-10-11-20(23)17-21/h4,6,8,10-13,17,19H,3,5,7,9,14-16,18H2,1-2H3,(H,24,27)/b6-4+,13-8+. The minimum absolute atomic E-state index is 0.291. The van der Waals surface area contributed by atoms with E-state index in [1.165, 1.54) is 12.1 Å². The molecule has 0 heterocycles. The molecule has 0 radical (unpaired) electrons. The summed E-state index contributed by atoms with van der Waals surface area (Å²) < 4.78 is 23.9. The van der Waals surface area contributed by atoms with Crippen molar-refractivity contribution in [1.29, 1.82) is 0 Å². The van der Waals surface area contributed by atoms with Crippen molar-refractivity contribution in [3.8, 4) is 5.75 Å². The molecule has 3 nitrogen and oxygen atoms in total. The average Bonchev–Trinajstić information content (AvgIpc) is 2.67. The van der Waals surface area contributed by atoms with E-state index in [9.17, 15) is 4.39 Å². The molecule has 1 N–H and O–H groups in total. The molecule has 150 valence electrons. The van der Waals surface area contributed by atoms with Gasteiger partial charge in [0.2, 0.25) is 0 Å². The van der Waals surface area contributed by atoms with Crippen LogP contribution in [0.1, 0.15) is 39.5 Å². The smallest absolute Gasteiger partial charge is 0.126 e. The number of hydrogen-bond donors (Lipinski definition) is 1. The largest absolute Gasteiger partial charge is 0.491 e. The van der Waals surface area contributed by atoms with Crippen molar-refractivity contribution in [2.75, 3.05) is 26.4 Å². The molecule has 1 unspecified atom stereocenters. The summed E-state index contributed by atoms with van der Waals surface area (Å²) in [6, 6.07) is 6.13. The van der Waals surface area contributed by atoms with Crippen LogP contribution in [0.25, 0.3) is 0 Å². The van der Waals surface area contributed by atoms with E-state index in [-0.39, 0.29) is 5.82 Å². The number of thiocarbonyl (C=S) groups is 1. The first-order valence-electron chi connectivity index (χ1n) is 9.69. The number of allylic oxidation sites excluding steroid dienone is 3. The number of benzene rings is 1. The van der Waals surface area contributed by atoms with Crippen LogP contribution in [0.5, 0.6) is 5.75 Å². The number of unbranched alkanes of at least 4 members (excludes halogenated alkanes) is 2. The minimum Gasteiger partial charge on any atom is -0.491 e. The Hall–Kier alpha value is -1.72. The molecule has 1 aromatic rings. The van der Waals surface area contributed by atoms with E-state index in [0.29, 0.717) is 31.5 Å². The minimum atomic E-state index is -0.291. The number of nitrogens with one attached hydrogen (secondary N) is 1. The summed E-state index contributed by atoms with van der Waals surface area (Å²) in [6.45, 7) is 6.96. The first-order chi connectivity index (χ1) is 13.1. The first kappa shape index (κ1) is 23.3. The van der Waals surface area contributed by atoms with Crippen LogP contribution < -0.4 is 10.1 Å². The lowest BCUT2D eigenvalue weighted by atomic mass is 10.1. The van der Waals surface area contributed by atoms with Gasteiger partial charge in [0, 0.05) is 19.2 Å². The Labute approximate surface area is 168 Å². The van der Waals surface area contributed by atoms with Crippen LogP contribution in [0, 0.1) is 11.7 Å². The fourth-order valence-electron chi connectivity index (χ4n) is 2.14. The van der Waals surface area contributed by atoms with Gasteiger partial charge in [0.1, 0.15) is 18.2 Å². The molecule has 5 heteroatoms. The molecule has 0 aliphatic heterocycles. The Morgan fingerprint density at radius 2 is 2.07 bits per heavy atom. The normalized spacial score (nSPS) is 12.6. The predicted octanol–water partition coefficient (Wildman–Crippen LogP) is 5.47. The van der Waals surface area contributed by atoms with Crippen LogP contribution in [0.3, 0.4) is 0 Å². The predicted molar refractivity (Wildman–Crippen MR) is 115 cm³/mol. The summed E-state index contributed by atoms with van der Waals surface area (Å²) in [5.41, 5.74) is 0. The van der Waals surface area contributed by atoms with Crippen LogP contribution in [-0.4, -0.2) is 31.4 Å². The Kier molecular flexibility index (Phi) is 13.3. The van der Waals surface area contributed by atoms with E-state index >= 15 is 0 Å². The van der Waals surface area contributed by atoms with Crippen LogP contribution in [0.4, 0.5) is 4.39 Å². The van der Waals surface area contributed by atoms with Gasteiger partial charge in [-0.05, 0) is 43.4 Å². The van der Waals surface area contributed by atoms with Crippen molar-refractivity contribution in [1.82, 2.24) is 5.32 Å². The molecule has 0 saturated heterocycles. The van der Waals surface area contributed by atoms with Gasteiger partial charge in [-0.15, -0.1) is 0 Å². The van der Waals surface area contributed by atoms with Crippen molar-refractivity contribution in [3.05, 3.63) is 54.4 Å². The molecule has 0 saturated carbocycles. The molecule has 1 rings (SSSR count). The van der Waals surface area contributed by atoms with Gasteiger partial charge in [-0.25, -0.2) is 4.39 Å². The van der Waals surface area contributed by atoms with Crippen LogP contribution in [-0.2, 0) is 4.74 Å². The van der Waals surface area contributed by atoms with E-state index in [2.05, 4.69) is 25.2 Å². The van der Waals surface area contributed by atoms with Gasteiger partial charge in [-0.2, -0.15) is 0 Å². The number of ether oxygens (including phenoxy) is 2. The average molecular weight is 394 g/mol. The van der Waals surface area contributed by atoms with Crippen molar-refractivity contribution in [2.24, 2.45) is 5.92 Å². The summed E-state index contributed by atoms with van der Waals surface area (Å²) in [4.78, 5) is 0.786. The third-order valence-corrected chi connectivity index (χ3v) is 4.30. The van der Waals surface area contributed by atoms with Crippen molar-refractivity contribution in [3.63, 3.8) is 0 Å². The van der Waals surface area contributed by atoms with Crippen LogP contribution in [0.15, 0.2) is 48.6 Å². The zero-order valence-corrected chi connectivity index (χ0v) is 17.3. The van der Waals surface area contributed by atoms with Crippen LogP contribution in [0.2, 0.25) is 0 Å². The van der Waals surface area contributed by atoms with Gasteiger partial charge in [0.15, 0.2) is 0 Å². The monoisotopic (exact) mass is 393 g/mol. The summed E-state index contributed by atoms with van der Waals surface area (Å²) in [7, 11) is 0. The lowest BCUT2D eigenvalue weighted by Gasteiger charge is -2.09. The highest BCUT2D eigenvalue weighted by Crippen LogP contribution is 2.11. The lowest BCUT2D eigenvalue weighted by Crippen LogP contribution is -2.24. The molecular weight excluding hydrogens is 361 g/mol. The second-order valence-electron chi connectivity index (χ2n) is 6.46. The maximum Gasteiger partial charge on any atom is 0.126 e. The fourth-order valence-corrected chi connectivity index (χ4v) is 2.30. The first-order valence-corrected chi connectivity index (χ1v) is 10.1. The van der Waals surface area contributed by atoms with Crippen LogP contribution >= 0.6 is 12.2 Å². The molecule has 0 aliphatic carbocycles. The fraction of sp³-hybridized carbons (Fsp3) is 0.500. The molecule has 27 heavy (non-hydrogen) atoms. The topological polar surface area (TPSA) is 30.5 Å². The van der Waals surface area contributed by atoms with E-state index in [1.54, 1.807) is 12.1 Å². The summed E-state index contributed by atoms with van der Waals surface area (Å²) in [5.74, 6) is 0.883. The molecule has 0 amide bonds. The second-order valence-corrected chi connectivity index (χ2v) is 6.90. The maximum absolute atomic E-state index is 13.0. The quantitative estimate of drug-likeness (QED) is 0.197. The summed E-state index contributed by atoms with van der Waals surface area (Å²) >= 11 is 5.25. The Morgan fingerprint density at radius 3 is 2.85 bits per heavy atom. The molecule has 0 fully saturated rings. The van der Waals surface area contributed by atoms with Gasteiger partial charge in [0.25, 0.3) is 0 Å². The lowest BCUT2D eigenvalue weighted by molar-refractivity contribution is 0.0974. The van der Waals surface area contributed by atoms with E-state index in [4.69, 9.17) is 21.7 Å².